The van der Waals surface area contributed by atoms with Crippen molar-refractivity contribution >= 4 is 16.1 Å². The highest BCUT2D eigenvalue weighted by Crippen LogP contribution is 2.09. The fraction of sp³-hybridized carbons (Fsp3) is 0.176. The van der Waals surface area contributed by atoms with E-state index in [1.54, 1.807) is 24.3 Å². The summed E-state index contributed by atoms with van der Waals surface area (Å²) in [7, 11) is -3.41. The molecule has 3 nitrogen and oxygen atoms in total. The minimum Gasteiger partial charge on any atom is -0.211 e. The average molecular weight is 301 g/mol. The van der Waals surface area contributed by atoms with E-state index in [9.17, 15) is 8.42 Å². The van der Waals surface area contributed by atoms with Gasteiger partial charge < -0.3 is 0 Å². The number of nitrogens with one attached hydrogen (secondary N) is 1. The highest BCUT2D eigenvalue weighted by Gasteiger charge is 2.11. The zero-order valence-electron chi connectivity index (χ0n) is 12.0. The lowest BCUT2D eigenvalue weighted by Gasteiger charge is -2.05. The van der Waals surface area contributed by atoms with Crippen LogP contribution in [0.25, 0.3) is 6.08 Å². The minimum absolute atomic E-state index is 0.306. The molecule has 2 rings (SSSR count). The molecule has 21 heavy (non-hydrogen) atoms. The van der Waals surface area contributed by atoms with Crippen LogP contribution < -0.4 is 4.72 Å². The van der Waals surface area contributed by atoms with E-state index in [0.717, 1.165) is 11.1 Å². The van der Waals surface area contributed by atoms with E-state index in [4.69, 9.17) is 0 Å². The molecular weight excluding hydrogens is 282 g/mol. The van der Waals surface area contributed by atoms with Crippen LogP contribution in [0.1, 0.15) is 17.5 Å². The molecule has 4 heteroatoms. The van der Waals surface area contributed by atoms with Crippen LogP contribution in [-0.2, 0) is 10.0 Å². The molecule has 0 aliphatic carbocycles. The van der Waals surface area contributed by atoms with Crippen molar-refractivity contribution in [3.63, 3.8) is 0 Å². The van der Waals surface area contributed by atoms with Crippen molar-refractivity contribution in [2.24, 2.45) is 0 Å². The Morgan fingerprint density at radius 2 is 1.67 bits per heavy atom. The molecule has 0 saturated heterocycles. The van der Waals surface area contributed by atoms with Crippen molar-refractivity contribution in [3.8, 4) is 0 Å². The predicted octanol–water partition coefficient (Wildman–Crippen LogP) is 3.38. The van der Waals surface area contributed by atoms with E-state index < -0.39 is 10.0 Å². The third kappa shape index (κ3) is 4.85. The Balaban J connectivity index is 1.85. The summed E-state index contributed by atoms with van der Waals surface area (Å²) in [4.78, 5) is 0.306. The van der Waals surface area contributed by atoms with Crippen molar-refractivity contribution < 1.29 is 8.42 Å². The molecule has 0 saturated carbocycles. The lowest BCUT2D eigenvalue weighted by atomic mass is 10.2. The molecule has 0 fully saturated rings. The first-order valence-corrected chi connectivity index (χ1v) is 8.34. The van der Waals surface area contributed by atoms with E-state index >= 15 is 0 Å². The van der Waals surface area contributed by atoms with Crippen LogP contribution in [0.3, 0.4) is 0 Å². The Bertz CT molecular complexity index is 689. The highest BCUT2D eigenvalue weighted by molar-refractivity contribution is 7.89. The number of rotatable bonds is 6. The molecule has 0 aliphatic heterocycles. The molecule has 0 aromatic heterocycles. The summed E-state index contributed by atoms with van der Waals surface area (Å²) < 4.78 is 26.7. The maximum atomic E-state index is 12.0. The Hall–Kier alpha value is -1.91. The van der Waals surface area contributed by atoms with Crippen molar-refractivity contribution in [3.05, 3.63) is 71.8 Å². The van der Waals surface area contributed by atoms with E-state index in [-0.39, 0.29) is 0 Å². The van der Waals surface area contributed by atoms with E-state index in [1.807, 2.05) is 49.4 Å². The lowest BCUT2D eigenvalue weighted by Crippen LogP contribution is -2.24. The van der Waals surface area contributed by atoms with E-state index in [2.05, 4.69) is 4.72 Å². The molecule has 0 aliphatic rings. The molecule has 0 spiro atoms. The number of benzene rings is 2. The average Bonchev–Trinajstić information content (AvgIpc) is 2.48. The van der Waals surface area contributed by atoms with Gasteiger partial charge in [-0.2, -0.15) is 0 Å². The van der Waals surface area contributed by atoms with Crippen LogP contribution in [0, 0.1) is 6.92 Å². The van der Waals surface area contributed by atoms with Gasteiger partial charge in [0.25, 0.3) is 0 Å². The third-order valence-corrected chi connectivity index (χ3v) is 4.52. The summed E-state index contributed by atoms with van der Waals surface area (Å²) in [5.41, 5.74) is 2.15. The van der Waals surface area contributed by atoms with Crippen molar-refractivity contribution in [2.75, 3.05) is 6.54 Å². The molecule has 0 unspecified atom stereocenters. The van der Waals surface area contributed by atoms with Crippen LogP contribution in [0.2, 0.25) is 0 Å². The SMILES string of the molecule is Cc1ccc(S(=O)(=O)NCC/C=C/c2ccccc2)cc1. The summed E-state index contributed by atoms with van der Waals surface area (Å²) in [6, 6.07) is 16.8. The second-order valence-electron chi connectivity index (χ2n) is 4.81. The summed E-state index contributed by atoms with van der Waals surface area (Å²) >= 11 is 0. The number of aryl methyl sites for hydroxylation is 1. The molecule has 0 amide bonds. The van der Waals surface area contributed by atoms with Gasteiger partial charge in [-0.25, -0.2) is 13.1 Å². The van der Waals surface area contributed by atoms with Crippen molar-refractivity contribution in [2.45, 2.75) is 18.2 Å². The number of hydrogen-bond donors (Lipinski definition) is 1. The molecule has 0 atom stereocenters. The number of hydrogen-bond acceptors (Lipinski definition) is 2. The van der Waals surface area contributed by atoms with Crippen LogP contribution in [-0.4, -0.2) is 15.0 Å². The Labute approximate surface area is 126 Å². The normalized spacial score (nSPS) is 11.9. The smallest absolute Gasteiger partial charge is 0.211 e. The lowest BCUT2D eigenvalue weighted by molar-refractivity contribution is 0.582. The topological polar surface area (TPSA) is 46.2 Å². The quantitative estimate of drug-likeness (QED) is 0.831. The molecule has 2 aromatic rings. The maximum absolute atomic E-state index is 12.0. The molecule has 2 aromatic carbocycles. The standard InChI is InChI=1S/C17H19NO2S/c1-15-10-12-17(13-11-15)21(19,20)18-14-6-5-9-16-7-3-2-4-8-16/h2-5,7-13,18H,6,14H2,1H3/b9-5+. The van der Waals surface area contributed by atoms with E-state index in [1.165, 1.54) is 0 Å². The van der Waals surface area contributed by atoms with Gasteiger partial charge in [0.05, 0.1) is 4.90 Å². The van der Waals surface area contributed by atoms with Gasteiger partial charge in [-0.1, -0.05) is 60.2 Å². The first-order valence-electron chi connectivity index (χ1n) is 6.86. The van der Waals surface area contributed by atoms with Gasteiger partial charge in [0.2, 0.25) is 10.0 Å². The maximum Gasteiger partial charge on any atom is 0.240 e. The molecule has 0 heterocycles. The van der Waals surface area contributed by atoms with Crippen LogP contribution in [0.15, 0.2) is 65.6 Å². The van der Waals surface area contributed by atoms with Gasteiger partial charge >= 0.3 is 0 Å². The first kappa shape index (κ1) is 15.5. The number of sulfonamides is 1. The highest BCUT2D eigenvalue weighted by atomic mass is 32.2. The summed E-state index contributed by atoms with van der Waals surface area (Å²) in [5.74, 6) is 0. The summed E-state index contributed by atoms with van der Waals surface area (Å²) in [6.45, 7) is 2.32. The van der Waals surface area contributed by atoms with Crippen molar-refractivity contribution in [1.29, 1.82) is 0 Å². The Morgan fingerprint density at radius 3 is 2.33 bits per heavy atom. The first-order chi connectivity index (χ1) is 10.1. The zero-order valence-corrected chi connectivity index (χ0v) is 12.8. The van der Waals surface area contributed by atoms with Crippen LogP contribution >= 0.6 is 0 Å². The van der Waals surface area contributed by atoms with Crippen molar-refractivity contribution in [1.82, 2.24) is 4.72 Å². The fourth-order valence-electron chi connectivity index (χ4n) is 1.86. The van der Waals surface area contributed by atoms with Gasteiger partial charge in [0.1, 0.15) is 0 Å². The summed E-state index contributed by atoms with van der Waals surface area (Å²) in [6.07, 6.45) is 4.60. The molecule has 1 N–H and O–H groups in total. The van der Waals surface area contributed by atoms with Crippen LogP contribution in [0.5, 0.6) is 0 Å². The Morgan fingerprint density at radius 1 is 1.00 bits per heavy atom. The van der Waals surface area contributed by atoms with Gasteiger partial charge in [-0.15, -0.1) is 0 Å². The largest absolute Gasteiger partial charge is 0.240 e. The van der Waals surface area contributed by atoms with Gasteiger partial charge in [0.15, 0.2) is 0 Å². The van der Waals surface area contributed by atoms with Gasteiger partial charge in [0, 0.05) is 6.54 Å². The third-order valence-electron chi connectivity index (χ3n) is 3.04. The predicted molar refractivity (Wildman–Crippen MR) is 86.5 cm³/mol. The second kappa shape index (κ2) is 7.20. The molecule has 0 bridgehead atoms. The van der Waals surface area contributed by atoms with Gasteiger partial charge in [-0.05, 0) is 31.0 Å². The zero-order chi connectivity index (χ0) is 15.1. The molecule has 110 valence electrons. The second-order valence-corrected chi connectivity index (χ2v) is 6.58. The van der Waals surface area contributed by atoms with Gasteiger partial charge in [-0.3, -0.25) is 0 Å². The van der Waals surface area contributed by atoms with E-state index in [0.29, 0.717) is 17.9 Å². The summed E-state index contributed by atoms with van der Waals surface area (Å²) in [5, 5.41) is 0. The molecular formula is C17H19NO2S. The fourth-order valence-corrected chi connectivity index (χ4v) is 2.91. The van der Waals surface area contributed by atoms with Crippen LogP contribution in [0.4, 0.5) is 0 Å². The Kier molecular flexibility index (Phi) is 5.31. The minimum atomic E-state index is -3.41. The molecule has 0 radical (unpaired) electrons. The monoisotopic (exact) mass is 301 g/mol.